The Morgan fingerprint density at radius 1 is 1.12 bits per heavy atom. The fourth-order valence-corrected chi connectivity index (χ4v) is 3.75. The van der Waals surface area contributed by atoms with Gasteiger partial charge in [-0.2, -0.15) is 0 Å². The summed E-state index contributed by atoms with van der Waals surface area (Å²) in [5.74, 6) is 0.547. The SMILES string of the molecule is Cc1ccc(NC(=O)CSCC(=O)N2c3ccccc3CC2C)cc1. The third kappa shape index (κ3) is 4.23. The Bertz CT molecular complexity index is 774. The Labute approximate surface area is 152 Å². The van der Waals surface area contributed by atoms with Gasteiger partial charge in [-0.05, 0) is 44.0 Å². The number of para-hydroxylation sites is 1. The highest BCUT2D eigenvalue weighted by Gasteiger charge is 2.30. The highest BCUT2D eigenvalue weighted by molar-refractivity contribution is 8.00. The molecule has 0 saturated carbocycles. The number of aryl methyl sites for hydroxylation is 1. The van der Waals surface area contributed by atoms with E-state index in [4.69, 9.17) is 0 Å². The smallest absolute Gasteiger partial charge is 0.237 e. The van der Waals surface area contributed by atoms with Gasteiger partial charge in [-0.3, -0.25) is 9.59 Å². The van der Waals surface area contributed by atoms with Crippen LogP contribution < -0.4 is 10.2 Å². The third-order valence-corrected chi connectivity index (χ3v) is 5.19. The Kier molecular flexibility index (Phi) is 5.43. The Hall–Kier alpha value is -2.27. The summed E-state index contributed by atoms with van der Waals surface area (Å²) < 4.78 is 0. The lowest BCUT2D eigenvalue weighted by molar-refractivity contribution is -0.116. The summed E-state index contributed by atoms with van der Waals surface area (Å²) in [7, 11) is 0. The zero-order valence-electron chi connectivity index (χ0n) is 14.5. The molecule has 4 nitrogen and oxygen atoms in total. The minimum Gasteiger partial charge on any atom is -0.325 e. The number of fused-ring (bicyclic) bond motifs is 1. The van der Waals surface area contributed by atoms with Gasteiger partial charge in [0.15, 0.2) is 0 Å². The number of hydrogen-bond acceptors (Lipinski definition) is 3. The highest BCUT2D eigenvalue weighted by atomic mass is 32.2. The minimum atomic E-state index is -0.0866. The first-order valence-corrected chi connectivity index (χ1v) is 9.54. The molecule has 0 fully saturated rings. The summed E-state index contributed by atoms with van der Waals surface area (Å²) in [6.07, 6.45) is 0.889. The summed E-state index contributed by atoms with van der Waals surface area (Å²) in [5.41, 5.74) is 4.15. The van der Waals surface area contributed by atoms with E-state index < -0.39 is 0 Å². The second kappa shape index (κ2) is 7.74. The first kappa shape index (κ1) is 17.5. The molecular weight excluding hydrogens is 332 g/mol. The fourth-order valence-electron chi connectivity index (χ4n) is 3.08. The van der Waals surface area contributed by atoms with Gasteiger partial charge in [0.1, 0.15) is 0 Å². The molecule has 0 saturated heterocycles. The van der Waals surface area contributed by atoms with Gasteiger partial charge in [0.05, 0.1) is 11.5 Å². The maximum absolute atomic E-state index is 12.6. The topological polar surface area (TPSA) is 49.4 Å². The molecule has 0 bridgehead atoms. The van der Waals surface area contributed by atoms with Crippen molar-refractivity contribution in [2.75, 3.05) is 21.7 Å². The average molecular weight is 354 g/mol. The molecule has 5 heteroatoms. The van der Waals surface area contributed by atoms with Crippen LogP contribution in [0, 0.1) is 6.92 Å². The molecule has 1 aliphatic heterocycles. The molecule has 1 N–H and O–H groups in total. The lowest BCUT2D eigenvalue weighted by Crippen LogP contribution is -2.37. The molecule has 0 spiro atoms. The van der Waals surface area contributed by atoms with Crippen LogP contribution in [0.15, 0.2) is 48.5 Å². The van der Waals surface area contributed by atoms with E-state index in [2.05, 4.69) is 18.3 Å². The molecule has 1 heterocycles. The lowest BCUT2D eigenvalue weighted by atomic mass is 10.1. The van der Waals surface area contributed by atoms with Crippen molar-refractivity contribution in [1.82, 2.24) is 0 Å². The van der Waals surface area contributed by atoms with Crippen LogP contribution in [-0.2, 0) is 16.0 Å². The second-order valence-electron chi connectivity index (χ2n) is 6.35. The number of carbonyl (C=O) groups is 2. The van der Waals surface area contributed by atoms with Crippen molar-refractivity contribution >= 4 is 35.0 Å². The van der Waals surface area contributed by atoms with Crippen molar-refractivity contribution in [2.45, 2.75) is 26.3 Å². The predicted octanol–water partition coefficient (Wildman–Crippen LogP) is 3.64. The number of anilines is 2. The minimum absolute atomic E-state index is 0.0607. The number of benzene rings is 2. The first-order valence-electron chi connectivity index (χ1n) is 8.39. The molecule has 2 aromatic rings. The van der Waals surface area contributed by atoms with Crippen molar-refractivity contribution in [1.29, 1.82) is 0 Å². The molecule has 25 heavy (non-hydrogen) atoms. The van der Waals surface area contributed by atoms with Crippen molar-refractivity contribution in [3.63, 3.8) is 0 Å². The average Bonchev–Trinajstić information content (AvgIpc) is 2.92. The van der Waals surface area contributed by atoms with Crippen LogP contribution in [0.5, 0.6) is 0 Å². The molecule has 130 valence electrons. The van der Waals surface area contributed by atoms with Gasteiger partial charge in [-0.25, -0.2) is 0 Å². The first-order chi connectivity index (χ1) is 12.0. The van der Waals surface area contributed by atoms with E-state index >= 15 is 0 Å². The Balaban J connectivity index is 1.49. The van der Waals surface area contributed by atoms with Crippen LogP contribution in [0.3, 0.4) is 0 Å². The third-order valence-electron chi connectivity index (χ3n) is 4.27. The monoisotopic (exact) mass is 354 g/mol. The molecule has 3 rings (SSSR count). The molecule has 0 aromatic heterocycles. The van der Waals surface area contributed by atoms with E-state index in [0.29, 0.717) is 5.75 Å². The molecule has 2 aromatic carbocycles. The summed E-state index contributed by atoms with van der Waals surface area (Å²) in [6, 6.07) is 15.9. The van der Waals surface area contributed by atoms with Gasteiger partial charge in [-0.1, -0.05) is 35.9 Å². The van der Waals surface area contributed by atoms with Gasteiger partial charge in [0, 0.05) is 17.4 Å². The van der Waals surface area contributed by atoms with Gasteiger partial charge in [0.25, 0.3) is 0 Å². The van der Waals surface area contributed by atoms with Gasteiger partial charge >= 0.3 is 0 Å². The number of nitrogens with zero attached hydrogens (tertiary/aromatic N) is 1. The second-order valence-corrected chi connectivity index (χ2v) is 7.34. The van der Waals surface area contributed by atoms with Gasteiger partial charge in [0.2, 0.25) is 11.8 Å². The molecule has 1 atom stereocenters. The number of carbonyl (C=O) groups excluding carboxylic acids is 2. The predicted molar refractivity (Wildman–Crippen MR) is 104 cm³/mol. The van der Waals surface area contributed by atoms with Crippen molar-refractivity contribution in [3.05, 3.63) is 59.7 Å². The zero-order chi connectivity index (χ0) is 17.8. The Morgan fingerprint density at radius 3 is 2.60 bits per heavy atom. The lowest BCUT2D eigenvalue weighted by Gasteiger charge is -2.22. The molecular formula is C20H22N2O2S. The van der Waals surface area contributed by atoms with E-state index in [-0.39, 0.29) is 23.6 Å². The number of thioether (sulfide) groups is 1. The van der Waals surface area contributed by atoms with Crippen LogP contribution in [0.1, 0.15) is 18.1 Å². The van der Waals surface area contributed by atoms with E-state index in [1.165, 1.54) is 17.3 Å². The van der Waals surface area contributed by atoms with E-state index in [9.17, 15) is 9.59 Å². The zero-order valence-corrected chi connectivity index (χ0v) is 15.3. The quantitative estimate of drug-likeness (QED) is 0.892. The van der Waals surface area contributed by atoms with Crippen molar-refractivity contribution in [3.8, 4) is 0 Å². The van der Waals surface area contributed by atoms with E-state index in [1.54, 1.807) is 0 Å². The molecule has 0 radical (unpaired) electrons. The maximum atomic E-state index is 12.6. The summed E-state index contributed by atoms with van der Waals surface area (Å²) in [6.45, 7) is 4.07. The summed E-state index contributed by atoms with van der Waals surface area (Å²) in [4.78, 5) is 26.4. The van der Waals surface area contributed by atoms with Crippen LogP contribution >= 0.6 is 11.8 Å². The summed E-state index contributed by atoms with van der Waals surface area (Å²) in [5, 5.41) is 2.85. The van der Waals surface area contributed by atoms with Crippen LogP contribution in [0.4, 0.5) is 11.4 Å². The normalized spacial score (nSPS) is 15.8. The highest BCUT2D eigenvalue weighted by Crippen LogP contribution is 2.32. The van der Waals surface area contributed by atoms with Crippen LogP contribution in [0.2, 0.25) is 0 Å². The largest absolute Gasteiger partial charge is 0.325 e. The molecule has 2 amide bonds. The number of amides is 2. The van der Waals surface area contributed by atoms with Crippen molar-refractivity contribution in [2.24, 2.45) is 0 Å². The molecule has 1 aliphatic rings. The number of hydrogen-bond donors (Lipinski definition) is 1. The van der Waals surface area contributed by atoms with E-state index in [0.717, 1.165) is 23.4 Å². The standard InChI is InChI=1S/C20H22N2O2S/c1-14-7-9-17(10-8-14)21-19(23)12-25-13-20(24)22-15(2)11-16-5-3-4-6-18(16)22/h3-10,15H,11-13H2,1-2H3,(H,21,23). The summed E-state index contributed by atoms with van der Waals surface area (Å²) >= 11 is 1.35. The molecule has 1 unspecified atom stereocenters. The maximum Gasteiger partial charge on any atom is 0.237 e. The van der Waals surface area contributed by atoms with Gasteiger partial charge in [-0.15, -0.1) is 11.8 Å². The van der Waals surface area contributed by atoms with Gasteiger partial charge < -0.3 is 10.2 Å². The van der Waals surface area contributed by atoms with Crippen LogP contribution in [-0.4, -0.2) is 29.4 Å². The van der Waals surface area contributed by atoms with Crippen LogP contribution in [0.25, 0.3) is 0 Å². The number of nitrogens with one attached hydrogen (secondary N) is 1. The molecule has 0 aliphatic carbocycles. The Morgan fingerprint density at radius 2 is 1.84 bits per heavy atom. The fraction of sp³-hybridized carbons (Fsp3) is 0.300. The number of rotatable bonds is 5. The van der Waals surface area contributed by atoms with Crippen molar-refractivity contribution < 1.29 is 9.59 Å². The van der Waals surface area contributed by atoms with E-state index in [1.807, 2.05) is 54.3 Å².